The summed E-state index contributed by atoms with van der Waals surface area (Å²) in [6.45, 7) is 2.05. The molecular weight excluding hydrogens is 460 g/mol. The highest BCUT2D eigenvalue weighted by atomic mass is 32.2. The summed E-state index contributed by atoms with van der Waals surface area (Å²) < 4.78 is 3.83. The number of nitrogens with zero attached hydrogens (tertiary/aromatic N) is 4. The Morgan fingerprint density at radius 2 is 1.82 bits per heavy atom. The number of aryl methyl sites for hydroxylation is 3. The summed E-state index contributed by atoms with van der Waals surface area (Å²) in [5.74, 6) is 1.35. The van der Waals surface area contributed by atoms with Gasteiger partial charge in [-0.3, -0.25) is 4.79 Å². The second-order valence-corrected chi connectivity index (χ2v) is 10.7. The summed E-state index contributed by atoms with van der Waals surface area (Å²) in [5, 5.41) is 10.7. The molecule has 0 saturated heterocycles. The van der Waals surface area contributed by atoms with E-state index in [0.717, 1.165) is 51.6 Å². The Morgan fingerprint density at radius 1 is 1.03 bits per heavy atom. The zero-order valence-corrected chi connectivity index (χ0v) is 20.5. The van der Waals surface area contributed by atoms with E-state index in [1.807, 2.05) is 42.5 Å². The quantitative estimate of drug-likeness (QED) is 0.283. The van der Waals surface area contributed by atoms with Gasteiger partial charge in [0, 0.05) is 10.6 Å². The van der Waals surface area contributed by atoms with Gasteiger partial charge in [0.1, 0.15) is 4.83 Å². The molecular formula is C27H24N4OS2. The number of fused-ring (bicyclic) bond motifs is 5. The number of thioether (sulfide) groups is 1. The first-order valence-electron chi connectivity index (χ1n) is 11.6. The Kier molecular flexibility index (Phi) is 5.59. The molecule has 0 saturated carbocycles. The molecule has 0 radical (unpaired) electrons. The maximum absolute atomic E-state index is 13.9. The first kappa shape index (κ1) is 21.4. The third-order valence-electron chi connectivity index (χ3n) is 6.30. The maximum Gasteiger partial charge on any atom is 0.268 e. The third-order valence-corrected chi connectivity index (χ3v) is 8.46. The Hall–Kier alpha value is -3.16. The van der Waals surface area contributed by atoms with Gasteiger partial charge in [-0.25, -0.2) is 8.97 Å². The summed E-state index contributed by atoms with van der Waals surface area (Å²) in [5.41, 5.74) is 4.40. The van der Waals surface area contributed by atoms with Gasteiger partial charge < -0.3 is 0 Å². The van der Waals surface area contributed by atoms with Crippen molar-refractivity contribution < 1.29 is 0 Å². The molecule has 3 aromatic heterocycles. The monoisotopic (exact) mass is 484 g/mol. The van der Waals surface area contributed by atoms with Crippen molar-refractivity contribution >= 4 is 45.2 Å². The SMILES string of the molecule is Cc1ccc(-n2c(=O)c3c4c(sc3n3c(SCC=Cc5ccccc5)nnc23)CCCC4)cc1. The molecule has 0 unspecified atom stereocenters. The molecule has 3 heterocycles. The lowest BCUT2D eigenvalue weighted by Crippen LogP contribution is -2.22. The summed E-state index contributed by atoms with van der Waals surface area (Å²) in [6, 6.07) is 18.3. The smallest absolute Gasteiger partial charge is 0.268 e. The van der Waals surface area contributed by atoms with Gasteiger partial charge in [-0.05, 0) is 55.9 Å². The van der Waals surface area contributed by atoms with Gasteiger partial charge in [0.15, 0.2) is 5.16 Å². The van der Waals surface area contributed by atoms with E-state index in [2.05, 4.69) is 45.8 Å². The van der Waals surface area contributed by atoms with Crippen molar-refractivity contribution in [1.29, 1.82) is 0 Å². The van der Waals surface area contributed by atoms with Gasteiger partial charge in [0.25, 0.3) is 5.56 Å². The normalized spacial score (nSPS) is 13.8. The van der Waals surface area contributed by atoms with Gasteiger partial charge in [-0.1, -0.05) is 71.9 Å². The van der Waals surface area contributed by atoms with Crippen LogP contribution in [0.25, 0.3) is 27.8 Å². The van der Waals surface area contributed by atoms with Gasteiger partial charge in [0.2, 0.25) is 5.78 Å². The van der Waals surface area contributed by atoms with Crippen LogP contribution < -0.4 is 5.56 Å². The van der Waals surface area contributed by atoms with Crippen LogP contribution in [0.1, 0.15) is 34.4 Å². The van der Waals surface area contributed by atoms with Crippen LogP contribution in [0, 0.1) is 6.92 Å². The molecule has 0 fully saturated rings. The minimum absolute atomic E-state index is 0.0127. The van der Waals surface area contributed by atoms with E-state index < -0.39 is 0 Å². The predicted molar refractivity (Wildman–Crippen MR) is 142 cm³/mol. The predicted octanol–water partition coefficient (Wildman–Crippen LogP) is 6.09. The Morgan fingerprint density at radius 3 is 2.65 bits per heavy atom. The molecule has 6 rings (SSSR count). The minimum Gasteiger partial charge on any atom is -0.268 e. The van der Waals surface area contributed by atoms with Crippen molar-refractivity contribution in [1.82, 2.24) is 19.2 Å². The maximum atomic E-state index is 13.9. The molecule has 0 bridgehead atoms. The van der Waals surface area contributed by atoms with Crippen molar-refractivity contribution in [3.8, 4) is 5.69 Å². The zero-order chi connectivity index (χ0) is 23.1. The van der Waals surface area contributed by atoms with E-state index in [0.29, 0.717) is 5.78 Å². The van der Waals surface area contributed by atoms with E-state index >= 15 is 0 Å². The van der Waals surface area contributed by atoms with Crippen LogP contribution in [-0.2, 0) is 12.8 Å². The number of aromatic nitrogens is 4. The van der Waals surface area contributed by atoms with Crippen LogP contribution in [0.4, 0.5) is 0 Å². The number of hydrogen-bond acceptors (Lipinski definition) is 5. The van der Waals surface area contributed by atoms with E-state index in [-0.39, 0.29) is 5.56 Å². The van der Waals surface area contributed by atoms with Gasteiger partial charge >= 0.3 is 0 Å². The fraction of sp³-hybridized carbons (Fsp3) is 0.222. The van der Waals surface area contributed by atoms with Crippen molar-refractivity contribution in [3.05, 3.63) is 92.6 Å². The number of hydrogen-bond donors (Lipinski definition) is 0. The second-order valence-electron chi connectivity index (χ2n) is 8.61. The average Bonchev–Trinajstić information content (AvgIpc) is 3.45. The molecule has 1 aliphatic carbocycles. The fourth-order valence-corrected chi connectivity index (χ4v) is 6.79. The molecule has 0 atom stereocenters. The number of benzene rings is 2. The molecule has 7 heteroatoms. The van der Waals surface area contributed by atoms with Crippen LogP contribution in [0.2, 0.25) is 0 Å². The molecule has 5 nitrogen and oxygen atoms in total. The van der Waals surface area contributed by atoms with Crippen molar-refractivity contribution in [2.75, 3.05) is 5.75 Å². The topological polar surface area (TPSA) is 52.2 Å². The van der Waals surface area contributed by atoms with Crippen LogP contribution in [0.5, 0.6) is 0 Å². The van der Waals surface area contributed by atoms with Crippen molar-refractivity contribution in [3.63, 3.8) is 0 Å². The van der Waals surface area contributed by atoms with Crippen LogP contribution in [0.15, 0.2) is 70.6 Å². The third kappa shape index (κ3) is 3.69. The lowest BCUT2D eigenvalue weighted by molar-refractivity contribution is 0.699. The first-order valence-corrected chi connectivity index (χ1v) is 13.4. The highest BCUT2D eigenvalue weighted by molar-refractivity contribution is 7.99. The molecule has 1 aliphatic rings. The molecule has 0 N–H and O–H groups in total. The van der Waals surface area contributed by atoms with E-state index in [1.54, 1.807) is 27.7 Å². The standard InChI is InChI=1S/C27H24N4OS2/c1-18-13-15-20(16-14-18)30-24(32)23-21-11-5-6-12-22(21)34-25(23)31-26(30)28-29-27(31)33-17-7-10-19-8-3-2-4-9-19/h2-4,7-10,13-16H,5-6,11-12,17H2,1H3. The molecule has 0 amide bonds. The summed E-state index contributed by atoms with van der Waals surface area (Å²) in [7, 11) is 0. The van der Waals surface area contributed by atoms with Gasteiger partial charge in [-0.15, -0.1) is 21.5 Å². The Balaban J connectivity index is 1.50. The molecule has 170 valence electrons. The van der Waals surface area contributed by atoms with E-state index in [9.17, 15) is 4.79 Å². The lowest BCUT2D eigenvalue weighted by atomic mass is 9.97. The Bertz CT molecular complexity index is 1580. The zero-order valence-electron chi connectivity index (χ0n) is 18.9. The van der Waals surface area contributed by atoms with Crippen LogP contribution in [0.3, 0.4) is 0 Å². The number of rotatable bonds is 5. The summed E-state index contributed by atoms with van der Waals surface area (Å²) in [6.07, 6.45) is 8.60. The lowest BCUT2D eigenvalue weighted by Gasteiger charge is -2.12. The minimum atomic E-state index is 0.0127. The summed E-state index contributed by atoms with van der Waals surface area (Å²) in [4.78, 5) is 16.2. The van der Waals surface area contributed by atoms with E-state index in [1.165, 1.54) is 22.4 Å². The van der Waals surface area contributed by atoms with Crippen molar-refractivity contribution in [2.24, 2.45) is 0 Å². The Labute approximate surface area is 205 Å². The summed E-state index contributed by atoms with van der Waals surface area (Å²) >= 11 is 3.39. The molecule has 0 spiro atoms. The number of thiophene rings is 1. The molecule has 5 aromatic rings. The fourth-order valence-electron chi connectivity index (χ4n) is 4.61. The average molecular weight is 485 g/mol. The first-order chi connectivity index (χ1) is 16.7. The highest BCUT2D eigenvalue weighted by Crippen LogP contribution is 2.36. The highest BCUT2D eigenvalue weighted by Gasteiger charge is 2.25. The second kappa shape index (κ2) is 8.89. The van der Waals surface area contributed by atoms with Crippen LogP contribution in [-0.4, -0.2) is 24.9 Å². The molecule has 2 aromatic carbocycles. The van der Waals surface area contributed by atoms with E-state index in [4.69, 9.17) is 0 Å². The van der Waals surface area contributed by atoms with Gasteiger partial charge in [-0.2, -0.15) is 0 Å². The largest absolute Gasteiger partial charge is 0.268 e. The van der Waals surface area contributed by atoms with Crippen molar-refractivity contribution in [2.45, 2.75) is 37.8 Å². The molecule has 0 aliphatic heterocycles. The van der Waals surface area contributed by atoms with Gasteiger partial charge in [0.05, 0.1) is 11.1 Å². The van der Waals surface area contributed by atoms with Crippen LogP contribution >= 0.6 is 23.1 Å². The molecule has 34 heavy (non-hydrogen) atoms.